The summed E-state index contributed by atoms with van der Waals surface area (Å²) in [6.45, 7) is 0. The van der Waals surface area contributed by atoms with E-state index < -0.39 is 5.41 Å². The minimum atomic E-state index is -0.441. The number of rotatable bonds is 15. The van der Waals surface area contributed by atoms with Gasteiger partial charge in [-0.1, -0.05) is 267 Å². The minimum Gasteiger partial charge on any atom is -0.310 e. The van der Waals surface area contributed by atoms with Crippen LogP contribution in [-0.4, -0.2) is 73.0 Å². The van der Waals surface area contributed by atoms with Gasteiger partial charge in [-0.3, -0.25) is 28.2 Å². The largest absolute Gasteiger partial charge is 0.310 e. The van der Waals surface area contributed by atoms with Crippen LogP contribution in [0.5, 0.6) is 0 Å². The highest BCUT2D eigenvalue weighted by Crippen LogP contribution is 2.64. The van der Waals surface area contributed by atoms with Crippen LogP contribution in [0, 0.1) is 0 Å². The maximum absolute atomic E-state index is 5.31. The van der Waals surface area contributed by atoms with Crippen molar-refractivity contribution in [2.45, 2.75) is 5.41 Å². The molecule has 0 saturated heterocycles. The number of hydrogen-bond donors (Lipinski definition) is 0. The molecule has 14 heterocycles. The zero-order chi connectivity index (χ0) is 95.4. The molecule has 0 fully saturated rings. The number of pyridine rings is 9. The number of anilines is 6. The van der Waals surface area contributed by atoms with E-state index in [2.05, 4.69) is 347 Å². The fraction of sp³-hybridized carbons (Fsp3) is 0.00787. The van der Waals surface area contributed by atoms with Crippen LogP contribution in [0.2, 0.25) is 0 Å². The Morgan fingerprint density at radius 3 is 0.944 bits per heavy atom. The Labute approximate surface area is 828 Å². The van der Waals surface area contributed by atoms with Crippen LogP contribution < -0.4 is 9.80 Å². The van der Waals surface area contributed by atoms with Crippen molar-refractivity contribution in [2.75, 3.05) is 9.80 Å². The third-order valence-electron chi connectivity index (χ3n) is 27.2. The minimum absolute atomic E-state index is 0.441. The van der Waals surface area contributed by atoms with Crippen molar-refractivity contribution in [3.63, 3.8) is 0 Å². The molecule has 13 aromatic heterocycles. The Bertz CT molecular complexity index is 9160. The highest BCUT2D eigenvalue weighted by molar-refractivity contribution is 5.99. The molecule has 676 valence electrons. The Kier molecular flexibility index (Phi) is 21.3. The molecule has 0 bridgehead atoms. The molecule has 1 aliphatic heterocycles. The molecule has 0 saturated carbocycles. The highest BCUT2D eigenvalue weighted by Gasteiger charge is 2.51. The summed E-state index contributed by atoms with van der Waals surface area (Å²) in [4.78, 5) is 62.0. The lowest BCUT2D eigenvalue weighted by molar-refractivity contribution is 0.752. The molecule has 17 nitrogen and oxygen atoms in total. The van der Waals surface area contributed by atoms with Crippen LogP contribution in [0.4, 0.5) is 34.1 Å². The Morgan fingerprint density at radius 2 is 0.521 bits per heavy atom. The van der Waals surface area contributed by atoms with Gasteiger partial charge >= 0.3 is 0 Å². The van der Waals surface area contributed by atoms with E-state index in [-0.39, 0.29) is 0 Å². The molecule has 0 N–H and O–H groups in total. The monoisotopic (exact) mass is 1850 g/mol. The first-order chi connectivity index (χ1) is 71.4. The normalized spacial score (nSPS) is 12.1. The van der Waals surface area contributed by atoms with Gasteiger partial charge in [0.15, 0.2) is 17.5 Å². The van der Waals surface area contributed by atoms with Crippen LogP contribution in [0.25, 0.3) is 185 Å². The second kappa shape index (κ2) is 36.3. The molecule has 144 heavy (non-hydrogen) atoms. The zero-order valence-corrected chi connectivity index (χ0v) is 77.5. The molecular weight excluding hydrogens is 1760 g/mol. The molecule has 0 radical (unpaired) electrons. The number of benzene rings is 13. The summed E-state index contributed by atoms with van der Waals surface area (Å²) in [5.41, 5.74) is 35.7. The van der Waals surface area contributed by atoms with Gasteiger partial charge in [0.05, 0.1) is 50.4 Å². The average Bonchev–Trinajstić information content (AvgIpc) is 1.50. The SMILES string of the molecule is c1cc(-c2cccc(N3c4ccccc4C4(c5ccccc5-c5ccccc54)c4ccccc43)c2)cc(-c2nc(-c3ccncc3)c3ccc4cccnc4n23)c1.c1ccc(-c2nc(-c3ccccc3)nc(-c3ccc(-c4nc(-c5ccncc5)c5ccc6cccnc6n45)cc3)n2)cc1.c1ccc(N(c2ccccc2)c2cccc(-c3cccc(-c4nc(-c5ccncc5)c5ccc6cccnc6n45)c3)c2)cc1. The first kappa shape index (κ1) is 84.7. The molecule has 28 rings (SSSR count). The van der Waals surface area contributed by atoms with E-state index in [0.717, 1.165) is 179 Å². The summed E-state index contributed by atoms with van der Waals surface area (Å²) in [5.74, 6) is 4.38. The lowest BCUT2D eigenvalue weighted by Crippen LogP contribution is -2.36. The van der Waals surface area contributed by atoms with E-state index >= 15 is 0 Å². The van der Waals surface area contributed by atoms with Crippen molar-refractivity contribution >= 4 is 83.8 Å². The lowest BCUT2D eigenvalue weighted by atomic mass is 9.64. The average molecular weight is 1850 g/mol. The van der Waals surface area contributed by atoms with Crippen LogP contribution in [0.1, 0.15) is 22.3 Å². The highest BCUT2D eigenvalue weighted by atomic mass is 15.2. The molecule has 0 unspecified atom stereocenters. The summed E-state index contributed by atoms with van der Waals surface area (Å²) in [6.07, 6.45) is 16.3. The molecular formula is C127H83N17. The molecule has 2 aliphatic rings. The Morgan fingerprint density at radius 1 is 0.201 bits per heavy atom. The number of hydrogen-bond acceptors (Lipinski definition) is 14. The quantitative estimate of drug-likeness (QED) is 0.0948. The first-order valence-electron chi connectivity index (χ1n) is 47.9. The predicted molar refractivity (Wildman–Crippen MR) is 578 cm³/mol. The number of nitrogens with zero attached hydrogens (tertiary/aromatic N) is 17. The summed E-state index contributed by atoms with van der Waals surface area (Å²) in [6, 6.07) is 157. The van der Waals surface area contributed by atoms with Crippen molar-refractivity contribution in [3.05, 3.63) is 527 Å². The summed E-state index contributed by atoms with van der Waals surface area (Å²) in [5, 5.41) is 3.16. The van der Waals surface area contributed by atoms with E-state index in [9.17, 15) is 0 Å². The van der Waals surface area contributed by atoms with Crippen molar-refractivity contribution in [2.24, 2.45) is 0 Å². The summed E-state index contributed by atoms with van der Waals surface area (Å²) in [7, 11) is 0. The molecule has 13 aromatic carbocycles. The van der Waals surface area contributed by atoms with E-state index in [1.165, 1.54) is 44.8 Å². The van der Waals surface area contributed by atoms with Crippen molar-refractivity contribution < 1.29 is 0 Å². The third kappa shape index (κ3) is 15.0. The van der Waals surface area contributed by atoms with Crippen LogP contribution in [0.3, 0.4) is 0 Å². The molecule has 1 spiro atoms. The smallest absolute Gasteiger partial charge is 0.164 e. The first-order valence-corrected chi connectivity index (χ1v) is 47.9. The van der Waals surface area contributed by atoms with Gasteiger partial charge < -0.3 is 9.80 Å². The van der Waals surface area contributed by atoms with Gasteiger partial charge in [0.2, 0.25) is 0 Å². The number of aromatic nitrogens is 15. The molecule has 1 aliphatic carbocycles. The third-order valence-corrected chi connectivity index (χ3v) is 27.2. The van der Waals surface area contributed by atoms with Crippen molar-refractivity contribution in [1.29, 1.82) is 0 Å². The van der Waals surface area contributed by atoms with E-state index in [4.69, 9.17) is 44.9 Å². The van der Waals surface area contributed by atoms with Gasteiger partial charge in [-0.25, -0.2) is 44.9 Å². The van der Waals surface area contributed by atoms with Gasteiger partial charge in [0.25, 0.3) is 0 Å². The van der Waals surface area contributed by atoms with Gasteiger partial charge in [0.1, 0.15) is 34.4 Å². The maximum atomic E-state index is 5.31. The number of para-hydroxylation sites is 4. The van der Waals surface area contributed by atoms with Crippen LogP contribution in [-0.2, 0) is 5.41 Å². The van der Waals surface area contributed by atoms with Crippen LogP contribution in [0.15, 0.2) is 505 Å². The predicted octanol–water partition coefficient (Wildman–Crippen LogP) is 30.0. The lowest BCUT2D eigenvalue weighted by Gasteiger charge is -2.45. The topological polar surface area (TPSA) is 174 Å². The summed E-state index contributed by atoms with van der Waals surface area (Å²) < 4.78 is 6.49. The zero-order valence-electron chi connectivity index (χ0n) is 77.5. The van der Waals surface area contributed by atoms with Crippen LogP contribution >= 0.6 is 0 Å². The second-order valence-corrected chi connectivity index (χ2v) is 35.6. The Balaban J connectivity index is 0.000000112. The molecule has 0 atom stereocenters. The van der Waals surface area contributed by atoms with Gasteiger partial charge in [-0.05, 0) is 238 Å². The van der Waals surface area contributed by atoms with Crippen molar-refractivity contribution in [3.8, 4) is 135 Å². The molecule has 0 amide bonds. The van der Waals surface area contributed by atoms with Gasteiger partial charge in [0, 0.05) is 145 Å². The molecule has 17 heteroatoms. The van der Waals surface area contributed by atoms with Crippen molar-refractivity contribution in [1.82, 2.24) is 73.0 Å². The van der Waals surface area contributed by atoms with Gasteiger partial charge in [-0.2, -0.15) is 0 Å². The fourth-order valence-electron chi connectivity index (χ4n) is 20.8. The molecule has 26 aromatic rings. The number of fused-ring (bicyclic) bond motifs is 18. The maximum Gasteiger partial charge on any atom is 0.164 e. The van der Waals surface area contributed by atoms with E-state index in [1.807, 2.05) is 171 Å². The Hall–Kier alpha value is -19.8. The van der Waals surface area contributed by atoms with E-state index in [1.54, 1.807) is 24.8 Å². The number of imidazole rings is 3. The fourth-order valence-corrected chi connectivity index (χ4v) is 20.8. The standard InChI is InChI=1S/C52H33N5.C39H27N5.C36H23N7/c1-3-19-42-40(17-1)41-18-2-4-20-43(41)52(42)44-21-5-7-23-46(44)56(47-24-8-6-22-45(47)52)39-16-10-13-37(33-39)36-12-9-14-38(32-36)51-55-49(34-27-30-53-31-28-34)48-26-25-35-15-11-29-54-50(35)57(48)51;1-3-14-33(15-4-1)43(34-16-5-2-6-17-34)35-18-8-11-31(27-35)30-10-7-12-32(26-30)39-42-37(28-21-24-40-25-22-28)36-20-19-29-13-9-23-41-38(29)44(36)39;1-3-8-25(9-4-1)32-40-33(26-10-5-2-6-11-26)42-34(41-32)27-13-15-29(16-14-27)36-39-31(24-19-22-37-23-20-24)30-18-17-28-12-7-21-38-35(28)43(30)36/h1-33H;1-27H;1-23H. The summed E-state index contributed by atoms with van der Waals surface area (Å²) >= 11 is 0. The van der Waals surface area contributed by atoms with E-state index in [0.29, 0.717) is 17.5 Å². The second-order valence-electron chi connectivity index (χ2n) is 35.6. The van der Waals surface area contributed by atoms with Gasteiger partial charge in [-0.15, -0.1) is 0 Å².